The average molecular weight is 324 g/mol. The smallest absolute Gasteiger partial charge is 0.225 e. The number of hydrogen-bond acceptors (Lipinski definition) is 4. The lowest BCUT2D eigenvalue weighted by Crippen LogP contribution is -2.47. The van der Waals surface area contributed by atoms with Gasteiger partial charge >= 0.3 is 0 Å². The van der Waals surface area contributed by atoms with Crippen LogP contribution >= 0.6 is 11.6 Å². The fourth-order valence-corrected chi connectivity index (χ4v) is 3.40. The van der Waals surface area contributed by atoms with Gasteiger partial charge in [0.05, 0.1) is 10.9 Å². The molecule has 120 valence electrons. The Morgan fingerprint density at radius 3 is 2.95 bits per heavy atom. The molecule has 22 heavy (non-hydrogen) atoms. The largest absolute Gasteiger partial charge is 0.381 e. The molecular weight excluding hydrogens is 302 g/mol. The minimum Gasteiger partial charge on any atom is -0.381 e. The molecule has 0 aliphatic carbocycles. The summed E-state index contributed by atoms with van der Waals surface area (Å²) in [4.78, 5) is 19.0. The molecule has 3 rings (SSSR count). The number of amides is 1. The maximum atomic E-state index is 12.5. The third-order valence-corrected chi connectivity index (χ3v) is 4.69. The Kier molecular flexibility index (Phi) is 5.16. The highest BCUT2D eigenvalue weighted by atomic mass is 35.5. The topological polar surface area (TPSA) is 54.5 Å². The zero-order chi connectivity index (χ0) is 15.4. The van der Waals surface area contributed by atoms with Crippen LogP contribution < -0.4 is 10.2 Å². The Morgan fingerprint density at radius 1 is 1.36 bits per heavy atom. The zero-order valence-electron chi connectivity index (χ0n) is 12.6. The molecule has 0 spiro atoms. The Labute approximate surface area is 136 Å². The van der Waals surface area contributed by atoms with Gasteiger partial charge in [-0.05, 0) is 37.8 Å². The fourth-order valence-electron chi connectivity index (χ4n) is 3.15. The molecule has 0 aromatic carbocycles. The van der Waals surface area contributed by atoms with Crippen LogP contribution in [-0.2, 0) is 9.53 Å². The van der Waals surface area contributed by atoms with Crippen LogP contribution in [0, 0.1) is 5.92 Å². The van der Waals surface area contributed by atoms with Gasteiger partial charge in [-0.15, -0.1) is 0 Å². The highest BCUT2D eigenvalue weighted by Gasteiger charge is 2.29. The molecule has 2 saturated heterocycles. The molecule has 0 saturated carbocycles. The van der Waals surface area contributed by atoms with Gasteiger partial charge in [-0.25, -0.2) is 4.98 Å². The summed E-state index contributed by atoms with van der Waals surface area (Å²) in [7, 11) is 0. The van der Waals surface area contributed by atoms with Crippen molar-refractivity contribution in [2.45, 2.75) is 31.7 Å². The maximum absolute atomic E-state index is 12.5. The molecular formula is C16H22ClN3O2. The SMILES string of the molecule is O=C(NC1CCOCC1)C1CCCN(c2ncccc2Cl)C1. The van der Waals surface area contributed by atoms with Gasteiger partial charge in [-0.1, -0.05) is 11.6 Å². The summed E-state index contributed by atoms with van der Waals surface area (Å²) in [5.41, 5.74) is 0. The molecule has 2 aliphatic rings. The van der Waals surface area contributed by atoms with E-state index in [2.05, 4.69) is 15.2 Å². The van der Waals surface area contributed by atoms with E-state index in [4.69, 9.17) is 16.3 Å². The first-order chi connectivity index (χ1) is 10.7. The van der Waals surface area contributed by atoms with Crippen molar-refractivity contribution in [2.24, 2.45) is 5.92 Å². The number of aromatic nitrogens is 1. The van der Waals surface area contributed by atoms with E-state index in [-0.39, 0.29) is 17.9 Å². The predicted molar refractivity (Wildman–Crippen MR) is 86.2 cm³/mol. The van der Waals surface area contributed by atoms with Gasteiger partial charge < -0.3 is 15.0 Å². The van der Waals surface area contributed by atoms with Gasteiger partial charge in [0.15, 0.2) is 0 Å². The number of anilines is 1. The van der Waals surface area contributed by atoms with E-state index in [0.29, 0.717) is 11.6 Å². The van der Waals surface area contributed by atoms with E-state index >= 15 is 0 Å². The lowest BCUT2D eigenvalue weighted by molar-refractivity contribution is -0.126. The van der Waals surface area contributed by atoms with E-state index < -0.39 is 0 Å². The van der Waals surface area contributed by atoms with E-state index in [0.717, 1.165) is 51.3 Å². The average Bonchev–Trinajstić information content (AvgIpc) is 2.56. The summed E-state index contributed by atoms with van der Waals surface area (Å²) in [5, 5.41) is 3.82. The van der Waals surface area contributed by atoms with E-state index in [1.54, 1.807) is 6.20 Å². The van der Waals surface area contributed by atoms with Crippen LogP contribution in [0.5, 0.6) is 0 Å². The second-order valence-electron chi connectivity index (χ2n) is 5.99. The zero-order valence-corrected chi connectivity index (χ0v) is 13.4. The molecule has 1 amide bonds. The third-order valence-electron chi connectivity index (χ3n) is 4.40. The first kappa shape index (κ1) is 15.6. The molecule has 0 bridgehead atoms. The number of carbonyl (C=O) groups is 1. The van der Waals surface area contributed by atoms with E-state index in [9.17, 15) is 4.79 Å². The Balaban J connectivity index is 1.60. The molecule has 1 aromatic heterocycles. The molecule has 2 fully saturated rings. The summed E-state index contributed by atoms with van der Waals surface area (Å²) >= 11 is 6.22. The van der Waals surface area contributed by atoms with Gasteiger partial charge in [0.1, 0.15) is 5.82 Å². The maximum Gasteiger partial charge on any atom is 0.225 e. The first-order valence-electron chi connectivity index (χ1n) is 7.97. The summed E-state index contributed by atoms with van der Waals surface area (Å²) in [5.74, 6) is 0.950. The molecule has 6 heteroatoms. The summed E-state index contributed by atoms with van der Waals surface area (Å²) in [6, 6.07) is 3.93. The minimum atomic E-state index is 0.00895. The van der Waals surface area contributed by atoms with Crippen molar-refractivity contribution in [3.8, 4) is 0 Å². The number of halogens is 1. The van der Waals surface area contributed by atoms with Crippen LogP contribution in [0.3, 0.4) is 0 Å². The summed E-state index contributed by atoms with van der Waals surface area (Å²) < 4.78 is 5.33. The molecule has 1 aromatic rings. The summed E-state index contributed by atoms with van der Waals surface area (Å²) in [6.07, 6.45) is 5.48. The number of pyridine rings is 1. The van der Waals surface area contributed by atoms with Crippen molar-refractivity contribution < 1.29 is 9.53 Å². The predicted octanol–water partition coefficient (Wildman–Crippen LogP) is 2.25. The van der Waals surface area contributed by atoms with E-state index in [1.807, 2.05) is 12.1 Å². The number of ether oxygens (including phenoxy) is 1. The molecule has 1 unspecified atom stereocenters. The number of carbonyl (C=O) groups excluding carboxylic acids is 1. The number of rotatable bonds is 3. The quantitative estimate of drug-likeness (QED) is 0.927. The van der Waals surface area contributed by atoms with Gasteiger partial charge in [-0.2, -0.15) is 0 Å². The number of nitrogens with one attached hydrogen (secondary N) is 1. The second-order valence-corrected chi connectivity index (χ2v) is 6.40. The number of hydrogen-bond donors (Lipinski definition) is 1. The Bertz CT molecular complexity index is 520. The minimum absolute atomic E-state index is 0.00895. The molecule has 2 aliphatic heterocycles. The van der Waals surface area contributed by atoms with Crippen molar-refractivity contribution in [3.05, 3.63) is 23.4 Å². The van der Waals surface area contributed by atoms with Gasteiger partial charge in [0.2, 0.25) is 5.91 Å². The Hall–Kier alpha value is -1.33. The molecule has 1 N–H and O–H groups in total. The monoisotopic (exact) mass is 323 g/mol. The van der Waals surface area contributed by atoms with Crippen molar-refractivity contribution in [1.82, 2.24) is 10.3 Å². The van der Waals surface area contributed by atoms with Crippen LogP contribution in [0.4, 0.5) is 5.82 Å². The highest BCUT2D eigenvalue weighted by Crippen LogP contribution is 2.27. The normalized spacial score (nSPS) is 23.3. The molecule has 3 heterocycles. The highest BCUT2D eigenvalue weighted by molar-refractivity contribution is 6.32. The first-order valence-corrected chi connectivity index (χ1v) is 8.35. The molecule has 5 nitrogen and oxygen atoms in total. The summed E-state index contributed by atoms with van der Waals surface area (Å²) in [6.45, 7) is 3.07. The van der Waals surface area contributed by atoms with Gasteiger partial charge in [0.25, 0.3) is 0 Å². The lowest BCUT2D eigenvalue weighted by Gasteiger charge is -2.34. The number of piperidine rings is 1. The van der Waals surface area contributed by atoms with Crippen LogP contribution in [0.1, 0.15) is 25.7 Å². The fraction of sp³-hybridized carbons (Fsp3) is 0.625. The lowest BCUT2D eigenvalue weighted by atomic mass is 9.96. The van der Waals surface area contributed by atoms with Crippen LogP contribution in [0.15, 0.2) is 18.3 Å². The van der Waals surface area contributed by atoms with Crippen molar-refractivity contribution in [2.75, 3.05) is 31.2 Å². The third kappa shape index (κ3) is 3.70. The van der Waals surface area contributed by atoms with E-state index in [1.165, 1.54) is 0 Å². The molecule has 0 radical (unpaired) electrons. The van der Waals surface area contributed by atoms with Crippen molar-refractivity contribution >= 4 is 23.3 Å². The standard InChI is InChI=1S/C16H22ClN3O2/c17-14-4-1-7-18-15(14)20-8-2-3-12(11-20)16(21)19-13-5-9-22-10-6-13/h1,4,7,12-13H,2-3,5-6,8-11H2,(H,19,21). The van der Waals surface area contributed by atoms with Gasteiger partial charge in [0, 0.05) is 38.5 Å². The van der Waals surface area contributed by atoms with Gasteiger partial charge in [-0.3, -0.25) is 4.79 Å². The molecule has 1 atom stereocenters. The number of nitrogens with zero attached hydrogens (tertiary/aromatic N) is 2. The second kappa shape index (κ2) is 7.29. The van der Waals surface area contributed by atoms with Crippen molar-refractivity contribution in [1.29, 1.82) is 0 Å². The van der Waals surface area contributed by atoms with Crippen LogP contribution in [0.2, 0.25) is 5.02 Å². The van der Waals surface area contributed by atoms with Crippen LogP contribution in [0.25, 0.3) is 0 Å². The van der Waals surface area contributed by atoms with Crippen molar-refractivity contribution in [3.63, 3.8) is 0 Å². The van der Waals surface area contributed by atoms with Crippen LogP contribution in [-0.4, -0.2) is 43.2 Å². The Morgan fingerprint density at radius 2 is 2.18 bits per heavy atom.